The van der Waals surface area contributed by atoms with Crippen molar-refractivity contribution in [1.29, 1.82) is 5.26 Å². The summed E-state index contributed by atoms with van der Waals surface area (Å²) in [4.78, 5) is 15.4. The van der Waals surface area contributed by atoms with Crippen molar-refractivity contribution >= 4 is 5.97 Å². The minimum Gasteiger partial charge on any atom is -0.481 e. The van der Waals surface area contributed by atoms with Gasteiger partial charge in [0.15, 0.2) is 0 Å². The van der Waals surface area contributed by atoms with Gasteiger partial charge in [0.05, 0.1) is 17.9 Å². The molecule has 0 radical (unpaired) electrons. The first kappa shape index (κ1) is 13.8. The summed E-state index contributed by atoms with van der Waals surface area (Å²) >= 11 is 0. The molecule has 0 aliphatic heterocycles. The van der Waals surface area contributed by atoms with Gasteiger partial charge in [0.2, 0.25) is 0 Å². The highest BCUT2D eigenvalue weighted by molar-refractivity contribution is 5.76. The zero-order valence-corrected chi connectivity index (χ0v) is 10.8. The normalized spacial score (nSPS) is 13.2. The maximum Gasteiger partial charge on any atom is 0.311 e. The standard InChI is InChI=1S/C16H14N2O2/c17-10-14(13-7-4-8-18-11-13)9-15(16(19)20)12-5-2-1-3-6-12/h1-8,11,14-15H,9H2,(H,19,20). The summed E-state index contributed by atoms with van der Waals surface area (Å²) in [5, 5.41) is 18.7. The van der Waals surface area contributed by atoms with Crippen molar-refractivity contribution in [3.05, 3.63) is 66.0 Å². The van der Waals surface area contributed by atoms with Crippen LogP contribution < -0.4 is 0 Å². The van der Waals surface area contributed by atoms with Gasteiger partial charge in [0, 0.05) is 12.4 Å². The fraction of sp³-hybridized carbons (Fsp3) is 0.188. The Hall–Kier alpha value is -2.67. The number of aliphatic carboxylic acids is 1. The van der Waals surface area contributed by atoms with E-state index in [0.29, 0.717) is 5.56 Å². The number of carbonyl (C=O) groups is 1. The molecule has 2 unspecified atom stereocenters. The van der Waals surface area contributed by atoms with Gasteiger partial charge in [-0.25, -0.2) is 0 Å². The second kappa shape index (κ2) is 6.48. The van der Waals surface area contributed by atoms with Crippen LogP contribution in [0.4, 0.5) is 0 Å². The molecule has 1 N–H and O–H groups in total. The van der Waals surface area contributed by atoms with E-state index in [0.717, 1.165) is 5.56 Å². The molecule has 0 saturated heterocycles. The van der Waals surface area contributed by atoms with E-state index in [4.69, 9.17) is 0 Å². The summed E-state index contributed by atoms with van der Waals surface area (Å²) in [5.41, 5.74) is 1.46. The number of nitrogens with zero attached hydrogens (tertiary/aromatic N) is 2. The van der Waals surface area contributed by atoms with E-state index >= 15 is 0 Å². The molecular weight excluding hydrogens is 252 g/mol. The molecule has 1 heterocycles. The zero-order chi connectivity index (χ0) is 14.4. The van der Waals surface area contributed by atoms with Gasteiger partial charge < -0.3 is 5.11 Å². The summed E-state index contributed by atoms with van der Waals surface area (Å²) in [6, 6.07) is 14.7. The minimum absolute atomic E-state index is 0.238. The second-order valence-corrected chi connectivity index (χ2v) is 4.51. The second-order valence-electron chi connectivity index (χ2n) is 4.51. The Bertz CT molecular complexity index is 605. The first-order chi connectivity index (χ1) is 9.72. The molecule has 0 aliphatic carbocycles. The quantitative estimate of drug-likeness (QED) is 0.902. The maximum absolute atomic E-state index is 11.5. The molecule has 0 aliphatic rings. The predicted octanol–water partition coefficient (Wildman–Crippen LogP) is 2.95. The number of nitriles is 1. The van der Waals surface area contributed by atoms with Crippen LogP contribution >= 0.6 is 0 Å². The van der Waals surface area contributed by atoms with Crippen LogP contribution in [0.1, 0.15) is 29.4 Å². The molecule has 1 aromatic heterocycles. The van der Waals surface area contributed by atoms with Gasteiger partial charge >= 0.3 is 5.97 Å². The highest BCUT2D eigenvalue weighted by atomic mass is 16.4. The minimum atomic E-state index is -0.916. The van der Waals surface area contributed by atoms with Crippen molar-refractivity contribution in [2.45, 2.75) is 18.3 Å². The molecule has 2 aromatic rings. The average molecular weight is 266 g/mol. The fourth-order valence-electron chi connectivity index (χ4n) is 2.15. The van der Waals surface area contributed by atoms with Crippen LogP contribution in [-0.4, -0.2) is 16.1 Å². The molecule has 2 atom stereocenters. The topological polar surface area (TPSA) is 74.0 Å². The Morgan fingerprint density at radius 3 is 2.45 bits per heavy atom. The zero-order valence-electron chi connectivity index (χ0n) is 10.8. The van der Waals surface area contributed by atoms with Crippen LogP contribution in [-0.2, 0) is 4.79 Å². The summed E-state index contributed by atoms with van der Waals surface area (Å²) in [7, 11) is 0. The van der Waals surface area contributed by atoms with Crippen molar-refractivity contribution in [2.24, 2.45) is 0 Å². The van der Waals surface area contributed by atoms with Crippen LogP contribution in [0.3, 0.4) is 0 Å². The lowest BCUT2D eigenvalue weighted by molar-refractivity contribution is -0.139. The molecule has 4 heteroatoms. The number of benzene rings is 1. The maximum atomic E-state index is 11.5. The number of hydrogen-bond donors (Lipinski definition) is 1. The monoisotopic (exact) mass is 266 g/mol. The number of carboxylic acid groups (broad SMARTS) is 1. The van der Waals surface area contributed by atoms with Gasteiger partial charge in [-0.05, 0) is 23.6 Å². The summed E-state index contributed by atoms with van der Waals surface area (Å²) in [6.07, 6.45) is 3.48. The van der Waals surface area contributed by atoms with E-state index in [1.54, 1.807) is 48.8 Å². The Morgan fingerprint density at radius 1 is 1.20 bits per heavy atom. The summed E-state index contributed by atoms with van der Waals surface area (Å²) < 4.78 is 0. The number of aromatic nitrogens is 1. The molecule has 0 saturated carbocycles. The van der Waals surface area contributed by atoms with Gasteiger partial charge in [-0.15, -0.1) is 0 Å². The van der Waals surface area contributed by atoms with Gasteiger partial charge in [-0.1, -0.05) is 36.4 Å². The van der Waals surface area contributed by atoms with E-state index in [2.05, 4.69) is 11.1 Å². The molecule has 2 rings (SSSR count). The van der Waals surface area contributed by atoms with Gasteiger partial charge in [0.25, 0.3) is 0 Å². The van der Waals surface area contributed by atoms with Crippen molar-refractivity contribution < 1.29 is 9.90 Å². The Morgan fingerprint density at radius 2 is 1.90 bits per heavy atom. The van der Waals surface area contributed by atoms with Crippen LogP contribution in [0.25, 0.3) is 0 Å². The Balaban J connectivity index is 2.24. The largest absolute Gasteiger partial charge is 0.481 e. The van der Waals surface area contributed by atoms with E-state index in [9.17, 15) is 15.2 Å². The molecule has 0 fully saturated rings. The van der Waals surface area contributed by atoms with Crippen LogP contribution in [0.2, 0.25) is 0 Å². The Labute approximate surface area is 117 Å². The molecule has 1 aromatic carbocycles. The molecule has 0 amide bonds. The first-order valence-electron chi connectivity index (χ1n) is 6.29. The lowest BCUT2D eigenvalue weighted by Gasteiger charge is -2.16. The molecule has 0 spiro atoms. The third-order valence-electron chi connectivity index (χ3n) is 3.21. The molecule has 100 valence electrons. The van der Waals surface area contributed by atoms with Gasteiger partial charge in [-0.3, -0.25) is 9.78 Å². The Kier molecular flexibility index (Phi) is 4.46. The third-order valence-corrected chi connectivity index (χ3v) is 3.21. The van der Waals surface area contributed by atoms with Crippen LogP contribution in [0.15, 0.2) is 54.9 Å². The summed E-state index contributed by atoms with van der Waals surface area (Å²) in [5.74, 6) is -2.09. The highest BCUT2D eigenvalue weighted by Gasteiger charge is 2.25. The smallest absolute Gasteiger partial charge is 0.311 e. The van der Waals surface area contributed by atoms with Crippen LogP contribution in [0, 0.1) is 11.3 Å². The number of carboxylic acids is 1. The van der Waals surface area contributed by atoms with Crippen LogP contribution in [0.5, 0.6) is 0 Å². The molecule has 0 bridgehead atoms. The SMILES string of the molecule is N#CC(CC(C(=O)O)c1ccccc1)c1cccnc1. The van der Waals surface area contributed by atoms with E-state index in [-0.39, 0.29) is 6.42 Å². The first-order valence-corrected chi connectivity index (χ1v) is 6.29. The number of hydrogen-bond acceptors (Lipinski definition) is 3. The van der Waals surface area contributed by atoms with Crippen molar-refractivity contribution in [2.75, 3.05) is 0 Å². The molecule has 4 nitrogen and oxygen atoms in total. The van der Waals surface area contributed by atoms with Crippen molar-refractivity contribution in [3.63, 3.8) is 0 Å². The lowest BCUT2D eigenvalue weighted by atomic mass is 9.86. The number of pyridine rings is 1. The third kappa shape index (κ3) is 3.21. The highest BCUT2D eigenvalue weighted by Crippen LogP contribution is 2.29. The van der Waals surface area contributed by atoms with E-state index in [1.807, 2.05) is 6.07 Å². The van der Waals surface area contributed by atoms with Gasteiger partial charge in [0.1, 0.15) is 0 Å². The summed E-state index contributed by atoms with van der Waals surface area (Å²) in [6.45, 7) is 0. The van der Waals surface area contributed by atoms with E-state index in [1.165, 1.54) is 0 Å². The van der Waals surface area contributed by atoms with E-state index < -0.39 is 17.8 Å². The fourth-order valence-corrected chi connectivity index (χ4v) is 2.15. The number of rotatable bonds is 5. The van der Waals surface area contributed by atoms with Gasteiger partial charge in [-0.2, -0.15) is 5.26 Å². The van der Waals surface area contributed by atoms with Crippen molar-refractivity contribution in [3.8, 4) is 6.07 Å². The average Bonchev–Trinajstić information content (AvgIpc) is 2.50. The molecular formula is C16H14N2O2. The lowest BCUT2D eigenvalue weighted by Crippen LogP contribution is -2.15. The predicted molar refractivity (Wildman–Crippen MR) is 74.0 cm³/mol. The molecule has 20 heavy (non-hydrogen) atoms. The van der Waals surface area contributed by atoms with Crippen molar-refractivity contribution in [1.82, 2.24) is 4.98 Å².